The summed E-state index contributed by atoms with van der Waals surface area (Å²) in [5, 5.41) is 9.89. The molecule has 0 spiro atoms. The van der Waals surface area contributed by atoms with Gasteiger partial charge in [0.15, 0.2) is 0 Å². The molecule has 3 nitrogen and oxygen atoms in total. The van der Waals surface area contributed by atoms with Crippen LogP contribution in [0.3, 0.4) is 0 Å². The normalized spacial score (nSPS) is 10.8. The average Bonchev–Trinajstić information content (AvgIpc) is 2.84. The van der Waals surface area contributed by atoms with Gasteiger partial charge in [-0.05, 0) is 36.4 Å². The number of aromatic nitrogens is 2. The van der Waals surface area contributed by atoms with Gasteiger partial charge in [-0.15, -0.1) is 11.6 Å². The van der Waals surface area contributed by atoms with E-state index in [9.17, 15) is 5.26 Å². The first kappa shape index (κ1) is 14.4. The van der Waals surface area contributed by atoms with Crippen molar-refractivity contribution in [2.75, 3.05) is 0 Å². The van der Waals surface area contributed by atoms with Crippen LogP contribution in [0.4, 0.5) is 0 Å². The molecular weight excluding hydrogens is 373 g/mol. The Bertz CT molecular complexity index is 880. The van der Waals surface area contributed by atoms with Crippen molar-refractivity contribution in [1.82, 2.24) is 9.55 Å². The highest BCUT2D eigenvalue weighted by Crippen LogP contribution is 2.28. The van der Waals surface area contributed by atoms with Crippen LogP contribution in [0.5, 0.6) is 0 Å². The van der Waals surface area contributed by atoms with Crippen LogP contribution >= 0.6 is 39.1 Å². The Morgan fingerprint density at radius 2 is 2.05 bits per heavy atom. The first-order chi connectivity index (χ1) is 10.1. The summed E-state index contributed by atoms with van der Waals surface area (Å²) in [6.45, 7) is 0. The van der Waals surface area contributed by atoms with Gasteiger partial charge >= 0.3 is 0 Å². The molecule has 3 rings (SSSR count). The molecule has 0 atom stereocenters. The van der Waals surface area contributed by atoms with Crippen molar-refractivity contribution in [2.24, 2.45) is 0 Å². The van der Waals surface area contributed by atoms with Crippen molar-refractivity contribution in [1.29, 1.82) is 5.26 Å². The van der Waals surface area contributed by atoms with Crippen LogP contribution < -0.4 is 0 Å². The second-order valence-corrected chi connectivity index (χ2v) is 6.02. The zero-order chi connectivity index (χ0) is 15.0. The summed E-state index contributed by atoms with van der Waals surface area (Å²) >= 11 is 15.6. The Morgan fingerprint density at radius 3 is 2.76 bits per heavy atom. The molecule has 0 bridgehead atoms. The van der Waals surface area contributed by atoms with E-state index in [1.165, 1.54) is 0 Å². The van der Waals surface area contributed by atoms with Gasteiger partial charge in [0.05, 0.1) is 28.2 Å². The molecule has 0 radical (unpaired) electrons. The Labute approximate surface area is 139 Å². The first-order valence-corrected chi connectivity index (χ1v) is 7.77. The number of alkyl halides is 1. The molecule has 0 fully saturated rings. The van der Waals surface area contributed by atoms with Crippen LogP contribution in [0.15, 0.2) is 40.9 Å². The second-order valence-electron chi connectivity index (χ2n) is 4.40. The summed E-state index contributed by atoms with van der Waals surface area (Å²) in [6.07, 6.45) is 0. The van der Waals surface area contributed by atoms with E-state index in [0.717, 1.165) is 15.5 Å². The lowest BCUT2D eigenvalue weighted by molar-refractivity contribution is 0.978. The van der Waals surface area contributed by atoms with E-state index in [2.05, 4.69) is 27.0 Å². The standard InChI is InChI=1S/C15H8BrCl2N3/c16-10-2-4-12-14(5-10)21(15(7-17)20-12)13-6-11(18)3-1-9(13)8-19/h1-6H,7H2. The lowest BCUT2D eigenvalue weighted by atomic mass is 10.2. The number of imidazole rings is 1. The average molecular weight is 381 g/mol. The van der Waals surface area contributed by atoms with Crippen LogP contribution in [-0.2, 0) is 5.88 Å². The molecule has 3 aromatic rings. The minimum atomic E-state index is 0.240. The molecule has 0 aliphatic heterocycles. The topological polar surface area (TPSA) is 41.6 Å². The van der Waals surface area contributed by atoms with E-state index in [4.69, 9.17) is 23.2 Å². The van der Waals surface area contributed by atoms with E-state index >= 15 is 0 Å². The van der Waals surface area contributed by atoms with Crippen molar-refractivity contribution >= 4 is 50.2 Å². The predicted molar refractivity (Wildman–Crippen MR) is 88.1 cm³/mol. The maximum absolute atomic E-state index is 9.33. The molecule has 21 heavy (non-hydrogen) atoms. The zero-order valence-electron chi connectivity index (χ0n) is 10.6. The van der Waals surface area contributed by atoms with Crippen molar-refractivity contribution in [2.45, 2.75) is 5.88 Å². The zero-order valence-corrected chi connectivity index (χ0v) is 13.7. The fourth-order valence-corrected chi connectivity index (χ4v) is 2.94. The van der Waals surface area contributed by atoms with Gasteiger partial charge in [-0.3, -0.25) is 4.57 Å². The highest BCUT2D eigenvalue weighted by molar-refractivity contribution is 9.10. The van der Waals surface area contributed by atoms with Crippen LogP contribution in [0.1, 0.15) is 11.4 Å². The summed E-state index contributed by atoms with van der Waals surface area (Å²) in [5.74, 6) is 0.910. The molecule has 6 heteroatoms. The third kappa shape index (κ3) is 2.53. The largest absolute Gasteiger partial charge is 0.294 e. The SMILES string of the molecule is N#Cc1ccc(Cl)cc1-n1c(CCl)nc2ccc(Br)cc21. The highest BCUT2D eigenvalue weighted by Gasteiger charge is 2.15. The molecule has 2 aromatic carbocycles. The smallest absolute Gasteiger partial charge is 0.129 e. The van der Waals surface area contributed by atoms with Crippen LogP contribution in [0, 0.1) is 11.3 Å². The fourth-order valence-electron chi connectivity index (χ4n) is 2.24. The van der Waals surface area contributed by atoms with Crippen molar-refractivity contribution in [3.8, 4) is 11.8 Å². The molecule has 0 aliphatic carbocycles. The number of halogens is 3. The Morgan fingerprint density at radius 1 is 1.24 bits per heavy atom. The van der Waals surface area contributed by atoms with Gasteiger partial charge in [0, 0.05) is 9.50 Å². The van der Waals surface area contributed by atoms with Crippen molar-refractivity contribution in [3.63, 3.8) is 0 Å². The van der Waals surface area contributed by atoms with Crippen LogP contribution in [-0.4, -0.2) is 9.55 Å². The van der Waals surface area contributed by atoms with Gasteiger partial charge in [0.1, 0.15) is 11.9 Å². The summed E-state index contributed by atoms with van der Waals surface area (Å²) in [5.41, 5.74) is 2.89. The molecule has 0 amide bonds. The molecule has 1 aromatic heterocycles. The Balaban J connectivity index is 2.41. The summed E-state index contributed by atoms with van der Waals surface area (Å²) in [7, 11) is 0. The number of nitrogens with zero attached hydrogens (tertiary/aromatic N) is 3. The minimum Gasteiger partial charge on any atom is -0.294 e. The van der Waals surface area contributed by atoms with Gasteiger partial charge in [-0.25, -0.2) is 4.98 Å². The number of nitriles is 1. The molecule has 0 saturated carbocycles. The Kier molecular flexibility index (Phi) is 3.90. The second kappa shape index (κ2) is 5.69. The van der Waals surface area contributed by atoms with E-state index < -0.39 is 0 Å². The molecule has 1 heterocycles. The molecule has 0 N–H and O–H groups in total. The van der Waals surface area contributed by atoms with E-state index in [0.29, 0.717) is 22.1 Å². The maximum atomic E-state index is 9.33. The fraction of sp³-hybridized carbons (Fsp3) is 0.0667. The van der Waals surface area contributed by atoms with E-state index in [1.807, 2.05) is 22.8 Å². The number of fused-ring (bicyclic) bond motifs is 1. The number of rotatable bonds is 2. The number of benzene rings is 2. The van der Waals surface area contributed by atoms with Crippen molar-refractivity contribution in [3.05, 3.63) is 57.3 Å². The number of hydrogen-bond acceptors (Lipinski definition) is 2. The summed E-state index contributed by atoms with van der Waals surface area (Å²) in [4.78, 5) is 4.51. The highest BCUT2D eigenvalue weighted by atomic mass is 79.9. The minimum absolute atomic E-state index is 0.240. The van der Waals surface area contributed by atoms with E-state index in [-0.39, 0.29) is 5.88 Å². The van der Waals surface area contributed by atoms with Gasteiger partial charge < -0.3 is 0 Å². The molecular formula is C15H8BrCl2N3. The quantitative estimate of drug-likeness (QED) is 0.583. The summed E-state index contributed by atoms with van der Waals surface area (Å²) in [6, 6.07) is 13.1. The monoisotopic (exact) mass is 379 g/mol. The maximum Gasteiger partial charge on any atom is 0.129 e. The molecule has 104 valence electrons. The molecule has 0 aliphatic rings. The van der Waals surface area contributed by atoms with Gasteiger partial charge in [-0.2, -0.15) is 5.26 Å². The van der Waals surface area contributed by atoms with Gasteiger partial charge in [0.2, 0.25) is 0 Å². The van der Waals surface area contributed by atoms with E-state index in [1.54, 1.807) is 18.2 Å². The van der Waals surface area contributed by atoms with Crippen LogP contribution in [0.25, 0.3) is 16.7 Å². The molecule has 0 saturated heterocycles. The van der Waals surface area contributed by atoms with Gasteiger partial charge in [0.25, 0.3) is 0 Å². The lowest BCUT2D eigenvalue weighted by Crippen LogP contribution is -2.02. The Hall–Kier alpha value is -1.54. The lowest BCUT2D eigenvalue weighted by Gasteiger charge is -2.10. The number of hydrogen-bond donors (Lipinski definition) is 0. The summed E-state index contributed by atoms with van der Waals surface area (Å²) < 4.78 is 2.80. The third-order valence-electron chi connectivity index (χ3n) is 3.13. The first-order valence-electron chi connectivity index (χ1n) is 6.07. The predicted octanol–water partition coefficient (Wildman–Crippen LogP) is 5.05. The van der Waals surface area contributed by atoms with Gasteiger partial charge in [-0.1, -0.05) is 27.5 Å². The third-order valence-corrected chi connectivity index (χ3v) is 4.09. The van der Waals surface area contributed by atoms with Crippen molar-refractivity contribution < 1.29 is 0 Å². The molecule has 0 unspecified atom stereocenters. The van der Waals surface area contributed by atoms with Crippen LogP contribution in [0.2, 0.25) is 5.02 Å².